The summed E-state index contributed by atoms with van der Waals surface area (Å²) in [6, 6.07) is 12.5. The topological polar surface area (TPSA) is 89.0 Å². The molecule has 0 spiro atoms. The van der Waals surface area contributed by atoms with Gasteiger partial charge in [0.1, 0.15) is 18.2 Å². The fourth-order valence-corrected chi connectivity index (χ4v) is 3.61. The lowest BCUT2D eigenvalue weighted by atomic mass is 10.2. The van der Waals surface area contributed by atoms with Crippen molar-refractivity contribution < 1.29 is 27.8 Å². The van der Waals surface area contributed by atoms with E-state index < -0.39 is 23.4 Å². The number of hydrogen-bond acceptors (Lipinski definition) is 5. The molecule has 3 aromatic carbocycles. The summed E-state index contributed by atoms with van der Waals surface area (Å²) in [7, 11) is 0. The van der Waals surface area contributed by atoms with Crippen LogP contribution in [0.25, 0.3) is 0 Å². The summed E-state index contributed by atoms with van der Waals surface area (Å²) in [6.45, 7) is 1.98. The molecule has 11 heteroatoms. The Hall–Kier alpha value is -3.50. The molecule has 0 aliphatic rings. The minimum atomic E-state index is -1.02. The van der Waals surface area contributed by atoms with E-state index in [4.69, 9.17) is 21.1 Å². The number of anilines is 1. The molecule has 0 radical (unpaired) electrons. The number of rotatable bonds is 8. The Bertz CT molecular complexity index is 1240. The number of ether oxygens (including phenoxy) is 2. The van der Waals surface area contributed by atoms with Crippen LogP contribution in [0.3, 0.4) is 0 Å². The van der Waals surface area contributed by atoms with Crippen molar-refractivity contribution in [3.8, 4) is 11.5 Å². The van der Waals surface area contributed by atoms with Crippen LogP contribution in [0.2, 0.25) is 5.02 Å². The molecule has 0 saturated carbocycles. The second kappa shape index (κ2) is 12.3. The Kier molecular flexibility index (Phi) is 9.16. The van der Waals surface area contributed by atoms with Gasteiger partial charge in [0.25, 0.3) is 0 Å². The van der Waals surface area contributed by atoms with Crippen LogP contribution in [0.1, 0.15) is 18.1 Å². The first kappa shape index (κ1) is 26.1. The van der Waals surface area contributed by atoms with Gasteiger partial charge in [0, 0.05) is 11.3 Å². The first-order valence-corrected chi connectivity index (χ1v) is 11.4. The molecule has 0 saturated heterocycles. The van der Waals surface area contributed by atoms with Crippen molar-refractivity contribution in [3.05, 3.63) is 86.9 Å². The summed E-state index contributed by atoms with van der Waals surface area (Å²) in [4.78, 5) is 23.9. The summed E-state index contributed by atoms with van der Waals surface area (Å²) < 4.78 is 38.9. The zero-order chi connectivity index (χ0) is 25.4. The molecule has 0 fully saturated rings. The van der Waals surface area contributed by atoms with Gasteiger partial charge in [0.15, 0.2) is 11.5 Å². The SMILES string of the molecule is CCOc1cc(/C=N/NC(=O)C(=O)Nc2ccc(F)cc2)cc(Br)c1OCc1c(F)cccc1Cl. The van der Waals surface area contributed by atoms with E-state index in [0.29, 0.717) is 28.1 Å². The lowest BCUT2D eigenvalue weighted by Gasteiger charge is -2.15. The molecule has 2 N–H and O–H groups in total. The number of carbonyl (C=O) groups is 2. The highest BCUT2D eigenvalue weighted by Crippen LogP contribution is 2.37. The van der Waals surface area contributed by atoms with E-state index >= 15 is 0 Å². The molecular weight excluding hydrogens is 548 g/mol. The van der Waals surface area contributed by atoms with Crippen LogP contribution in [0.15, 0.2) is 64.2 Å². The number of nitrogens with zero attached hydrogens (tertiary/aromatic N) is 1. The predicted molar refractivity (Wildman–Crippen MR) is 132 cm³/mol. The van der Waals surface area contributed by atoms with Gasteiger partial charge in [-0.25, -0.2) is 14.2 Å². The minimum absolute atomic E-state index is 0.128. The number of amides is 2. The lowest BCUT2D eigenvalue weighted by molar-refractivity contribution is -0.136. The minimum Gasteiger partial charge on any atom is -0.490 e. The zero-order valence-electron chi connectivity index (χ0n) is 18.3. The third kappa shape index (κ3) is 7.24. The zero-order valence-corrected chi connectivity index (χ0v) is 20.6. The summed E-state index contributed by atoms with van der Waals surface area (Å²) in [5.74, 6) is -2.28. The number of hydrazone groups is 1. The average molecular weight is 567 g/mol. The molecule has 0 bridgehead atoms. The van der Waals surface area contributed by atoms with Gasteiger partial charge in [-0.05, 0) is 76.9 Å². The van der Waals surface area contributed by atoms with Crippen molar-refractivity contribution >= 4 is 51.2 Å². The van der Waals surface area contributed by atoms with E-state index in [0.717, 1.165) is 12.1 Å². The second-order valence-corrected chi connectivity index (χ2v) is 8.17. The van der Waals surface area contributed by atoms with E-state index in [9.17, 15) is 18.4 Å². The fourth-order valence-electron chi connectivity index (χ4n) is 2.82. The molecule has 0 atom stereocenters. The summed E-state index contributed by atoms with van der Waals surface area (Å²) >= 11 is 9.45. The molecule has 0 aliphatic heterocycles. The Morgan fingerprint density at radius 2 is 1.83 bits per heavy atom. The molecule has 35 heavy (non-hydrogen) atoms. The molecule has 0 aromatic heterocycles. The van der Waals surface area contributed by atoms with Gasteiger partial charge in [0.2, 0.25) is 0 Å². The summed E-state index contributed by atoms with van der Waals surface area (Å²) in [6.07, 6.45) is 1.30. The molecular formula is C24H19BrClF2N3O4. The first-order valence-electron chi connectivity index (χ1n) is 10.2. The van der Waals surface area contributed by atoms with Crippen LogP contribution in [-0.4, -0.2) is 24.6 Å². The van der Waals surface area contributed by atoms with Gasteiger partial charge >= 0.3 is 11.8 Å². The van der Waals surface area contributed by atoms with Gasteiger partial charge in [-0.2, -0.15) is 5.10 Å². The van der Waals surface area contributed by atoms with Crippen molar-refractivity contribution in [1.82, 2.24) is 5.43 Å². The monoisotopic (exact) mass is 565 g/mol. The van der Waals surface area contributed by atoms with Crippen molar-refractivity contribution in [2.45, 2.75) is 13.5 Å². The van der Waals surface area contributed by atoms with E-state index in [2.05, 4.69) is 31.8 Å². The highest BCUT2D eigenvalue weighted by atomic mass is 79.9. The maximum absolute atomic E-state index is 14.1. The van der Waals surface area contributed by atoms with Gasteiger partial charge in [-0.3, -0.25) is 9.59 Å². The Labute approximate surface area is 213 Å². The predicted octanol–water partition coefficient (Wildman–Crippen LogP) is 5.45. The van der Waals surface area contributed by atoms with Crippen LogP contribution in [-0.2, 0) is 16.2 Å². The summed E-state index contributed by atoms with van der Waals surface area (Å²) in [5, 5.41) is 6.34. The molecule has 2 amide bonds. The van der Waals surface area contributed by atoms with Crippen molar-refractivity contribution in [2.24, 2.45) is 5.10 Å². The van der Waals surface area contributed by atoms with Gasteiger partial charge in [-0.1, -0.05) is 17.7 Å². The molecule has 3 rings (SSSR count). The van der Waals surface area contributed by atoms with E-state index in [1.54, 1.807) is 25.1 Å². The average Bonchev–Trinajstić information content (AvgIpc) is 2.81. The number of hydrogen-bond donors (Lipinski definition) is 2. The van der Waals surface area contributed by atoms with E-state index in [-0.39, 0.29) is 22.9 Å². The fraction of sp³-hybridized carbons (Fsp3) is 0.125. The first-order chi connectivity index (χ1) is 16.8. The largest absolute Gasteiger partial charge is 0.490 e. The molecule has 182 valence electrons. The third-order valence-electron chi connectivity index (χ3n) is 4.44. The van der Waals surface area contributed by atoms with Crippen LogP contribution >= 0.6 is 27.5 Å². The molecule has 7 nitrogen and oxygen atoms in total. The molecule has 0 unspecified atom stereocenters. The molecule has 3 aromatic rings. The van der Waals surface area contributed by atoms with Crippen LogP contribution in [0.4, 0.5) is 14.5 Å². The smallest absolute Gasteiger partial charge is 0.329 e. The van der Waals surface area contributed by atoms with E-state index in [1.165, 1.54) is 30.5 Å². The number of halogens is 4. The van der Waals surface area contributed by atoms with Gasteiger partial charge in [-0.15, -0.1) is 0 Å². The highest BCUT2D eigenvalue weighted by Gasteiger charge is 2.16. The van der Waals surface area contributed by atoms with Crippen molar-refractivity contribution in [2.75, 3.05) is 11.9 Å². The summed E-state index contributed by atoms with van der Waals surface area (Å²) in [5.41, 5.74) is 3.08. The third-order valence-corrected chi connectivity index (χ3v) is 5.39. The van der Waals surface area contributed by atoms with Crippen molar-refractivity contribution in [3.63, 3.8) is 0 Å². The van der Waals surface area contributed by atoms with Gasteiger partial charge in [0.05, 0.1) is 22.3 Å². The van der Waals surface area contributed by atoms with Crippen molar-refractivity contribution in [1.29, 1.82) is 0 Å². The Balaban J connectivity index is 1.67. The number of nitrogens with one attached hydrogen (secondary N) is 2. The maximum Gasteiger partial charge on any atom is 0.329 e. The highest BCUT2D eigenvalue weighted by molar-refractivity contribution is 9.10. The Morgan fingerprint density at radius 3 is 2.51 bits per heavy atom. The Morgan fingerprint density at radius 1 is 1.09 bits per heavy atom. The second-order valence-electron chi connectivity index (χ2n) is 6.91. The van der Waals surface area contributed by atoms with Crippen LogP contribution in [0, 0.1) is 11.6 Å². The number of benzene rings is 3. The molecule has 0 heterocycles. The normalized spacial score (nSPS) is 10.8. The van der Waals surface area contributed by atoms with Crippen LogP contribution < -0.4 is 20.2 Å². The van der Waals surface area contributed by atoms with Crippen LogP contribution in [0.5, 0.6) is 11.5 Å². The quantitative estimate of drug-likeness (QED) is 0.216. The standard InChI is InChI=1S/C24H19BrClF2N3O4/c1-2-34-21-11-14(10-18(25)22(21)35-13-17-19(26)4-3-5-20(17)28)12-29-31-24(33)23(32)30-16-8-6-15(27)7-9-16/h3-12H,2,13H2,1H3,(H,30,32)(H,31,33)/b29-12+. The maximum atomic E-state index is 14.1. The molecule has 0 aliphatic carbocycles. The lowest BCUT2D eigenvalue weighted by Crippen LogP contribution is -2.32. The van der Waals surface area contributed by atoms with E-state index in [1.807, 2.05) is 0 Å². The van der Waals surface area contributed by atoms with Gasteiger partial charge < -0.3 is 14.8 Å². The number of carbonyl (C=O) groups excluding carboxylic acids is 2.